The number of thiazole rings is 1. The molecule has 10 heteroatoms. The Hall–Kier alpha value is -4.15. The highest BCUT2D eigenvalue weighted by Gasteiger charge is 2.18. The fraction of sp³-hybridized carbons (Fsp3) is 0.111. The van der Waals surface area contributed by atoms with Crippen molar-refractivity contribution in [3.63, 3.8) is 0 Å². The molecule has 2 aromatic carbocycles. The first-order valence-corrected chi connectivity index (χ1v) is 13.1. The molecule has 1 unspecified atom stereocenters. The number of thioether (sulfide) groups is 1. The molecule has 188 valence electrons. The number of furan rings is 1. The quantitative estimate of drug-likeness (QED) is 0.192. The predicted molar refractivity (Wildman–Crippen MR) is 146 cm³/mol. The number of hydrogen-bond acceptors (Lipinski definition) is 7. The van der Waals surface area contributed by atoms with Crippen molar-refractivity contribution in [2.75, 3.05) is 10.6 Å². The van der Waals surface area contributed by atoms with Gasteiger partial charge in [0.1, 0.15) is 11.5 Å². The Balaban J connectivity index is 1.39. The van der Waals surface area contributed by atoms with E-state index in [2.05, 4.69) is 20.9 Å². The SMILES string of the molecule is Cc1csc(NC(=O)C(C)Sc2ccc(NC(=O)/C(=C/c3ccco3)NC(=O)c3ccccc3)cc2)n1. The van der Waals surface area contributed by atoms with Gasteiger partial charge in [-0.25, -0.2) is 4.98 Å². The van der Waals surface area contributed by atoms with Crippen LogP contribution >= 0.6 is 23.1 Å². The van der Waals surface area contributed by atoms with E-state index in [1.54, 1.807) is 54.6 Å². The maximum absolute atomic E-state index is 13.0. The second-order valence-corrected chi connectivity index (χ2v) is 10.2. The zero-order valence-electron chi connectivity index (χ0n) is 20.1. The Kier molecular flexibility index (Phi) is 8.55. The first kappa shape index (κ1) is 25.9. The van der Waals surface area contributed by atoms with Crippen molar-refractivity contribution < 1.29 is 18.8 Å². The van der Waals surface area contributed by atoms with Crippen LogP contribution in [0.3, 0.4) is 0 Å². The van der Waals surface area contributed by atoms with Crippen molar-refractivity contribution in [2.45, 2.75) is 24.0 Å². The third kappa shape index (κ3) is 7.42. The lowest BCUT2D eigenvalue weighted by molar-refractivity contribution is -0.115. The summed E-state index contributed by atoms with van der Waals surface area (Å²) < 4.78 is 5.32. The molecule has 4 rings (SSSR count). The van der Waals surface area contributed by atoms with E-state index < -0.39 is 11.8 Å². The number of aryl methyl sites for hydroxylation is 1. The summed E-state index contributed by atoms with van der Waals surface area (Å²) in [6, 6.07) is 19.1. The van der Waals surface area contributed by atoms with Gasteiger partial charge in [-0.2, -0.15) is 0 Å². The largest absolute Gasteiger partial charge is 0.465 e. The van der Waals surface area contributed by atoms with Crippen molar-refractivity contribution in [2.24, 2.45) is 0 Å². The van der Waals surface area contributed by atoms with Gasteiger partial charge in [0.25, 0.3) is 11.8 Å². The lowest BCUT2D eigenvalue weighted by Crippen LogP contribution is -2.30. The Morgan fingerprint density at radius 2 is 1.76 bits per heavy atom. The maximum atomic E-state index is 13.0. The summed E-state index contributed by atoms with van der Waals surface area (Å²) in [5, 5.41) is 10.4. The van der Waals surface area contributed by atoms with Crippen LogP contribution in [0, 0.1) is 6.92 Å². The number of carbonyl (C=O) groups excluding carboxylic acids is 3. The number of aromatic nitrogens is 1. The average Bonchev–Trinajstić information content (AvgIpc) is 3.56. The van der Waals surface area contributed by atoms with Gasteiger partial charge >= 0.3 is 0 Å². The second kappa shape index (κ2) is 12.2. The minimum absolute atomic E-state index is 0.0324. The number of rotatable bonds is 9. The molecule has 0 saturated heterocycles. The van der Waals surface area contributed by atoms with Crippen LogP contribution in [0.2, 0.25) is 0 Å². The van der Waals surface area contributed by atoms with Gasteiger partial charge in [0.15, 0.2) is 5.13 Å². The van der Waals surface area contributed by atoms with E-state index in [0.717, 1.165) is 10.6 Å². The van der Waals surface area contributed by atoms with Crippen LogP contribution in [0.5, 0.6) is 0 Å². The number of hydrogen-bond donors (Lipinski definition) is 3. The summed E-state index contributed by atoms with van der Waals surface area (Å²) in [5.41, 5.74) is 1.85. The molecule has 2 heterocycles. The van der Waals surface area contributed by atoms with Gasteiger partial charge in [-0.3, -0.25) is 14.4 Å². The molecule has 1 atom stereocenters. The van der Waals surface area contributed by atoms with E-state index in [4.69, 9.17) is 4.42 Å². The van der Waals surface area contributed by atoms with Crippen molar-refractivity contribution in [1.82, 2.24) is 10.3 Å². The Bertz CT molecular complexity index is 1400. The molecule has 0 saturated carbocycles. The molecule has 0 bridgehead atoms. The van der Waals surface area contributed by atoms with Gasteiger partial charge in [-0.05, 0) is 62.4 Å². The molecule has 0 fully saturated rings. The number of carbonyl (C=O) groups is 3. The van der Waals surface area contributed by atoms with Crippen LogP contribution in [0.1, 0.15) is 28.7 Å². The highest BCUT2D eigenvalue weighted by atomic mass is 32.2. The van der Waals surface area contributed by atoms with E-state index in [9.17, 15) is 14.4 Å². The first-order chi connectivity index (χ1) is 17.9. The molecule has 0 radical (unpaired) electrons. The zero-order valence-corrected chi connectivity index (χ0v) is 21.7. The summed E-state index contributed by atoms with van der Waals surface area (Å²) >= 11 is 2.78. The zero-order chi connectivity index (χ0) is 26.2. The highest BCUT2D eigenvalue weighted by Crippen LogP contribution is 2.26. The topological polar surface area (TPSA) is 113 Å². The smallest absolute Gasteiger partial charge is 0.272 e. The molecule has 37 heavy (non-hydrogen) atoms. The van der Waals surface area contributed by atoms with E-state index in [1.165, 1.54) is 35.4 Å². The minimum atomic E-state index is -0.507. The van der Waals surface area contributed by atoms with Crippen LogP contribution in [0.4, 0.5) is 10.8 Å². The molecular weight excluding hydrogens is 508 g/mol. The lowest BCUT2D eigenvalue weighted by atomic mass is 10.2. The van der Waals surface area contributed by atoms with Crippen LogP contribution < -0.4 is 16.0 Å². The van der Waals surface area contributed by atoms with Gasteiger partial charge in [0.2, 0.25) is 5.91 Å². The maximum Gasteiger partial charge on any atom is 0.272 e. The number of nitrogens with zero attached hydrogens (tertiary/aromatic N) is 1. The van der Waals surface area contributed by atoms with E-state index in [1.807, 2.05) is 31.4 Å². The fourth-order valence-electron chi connectivity index (χ4n) is 3.15. The second-order valence-electron chi connectivity index (χ2n) is 7.92. The van der Waals surface area contributed by atoms with E-state index in [-0.39, 0.29) is 16.9 Å². The molecule has 2 aromatic heterocycles. The fourth-order valence-corrected chi connectivity index (χ4v) is 4.71. The predicted octanol–water partition coefficient (Wildman–Crippen LogP) is 5.57. The molecule has 8 nitrogen and oxygen atoms in total. The van der Waals surface area contributed by atoms with Crippen molar-refractivity contribution in [3.8, 4) is 0 Å². The number of amides is 3. The third-order valence-electron chi connectivity index (χ3n) is 5.00. The van der Waals surface area contributed by atoms with Crippen LogP contribution in [0.25, 0.3) is 6.08 Å². The average molecular weight is 533 g/mol. The number of anilines is 2. The highest BCUT2D eigenvalue weighted by molar-refractivity contribution is 8.00. The Labute approximate surface area is 222 Å². The first-order valence-electron chi connectivity index (χ1n) is 11.3. The normalized spacial score (nSPS) is 12.0. The van der Waals surface area contributed by atoms with Crippen molar-refractivity contribution in [3.05, 3.63) is 101 Å². The molecular formula is C27H24N4O4S2. The molecule has 0 spiro atoms. The van der Waals surface area contributed by atoms with E-state index >= 15 is 0 Å². The van der Waals surface area contributed by atoms with Crippen LogP contribution in [-0.4, -0.2) is 28.0 Å². The molecule has 0 aliphatic carbocycles. The van der Waals surface area contributed by atoms with Crippen molar-refractivity contribution in [1.29, 1.82) is 0 Å². The van der Waals surface area contributed by atoms with Crippen LogP contribution in [0.15, 0.2) is 93.4 Å². The minimum Gasteiger partial charge on any atom is -0.465 e. The van der Waals surface area contributed by atoms with E-state index in [0.29, 0.717) is 22.1 Å². The molecule has 0 aliphatic rings. The summed E-state index contributed by atoms with van der Waals surface area (Å²) in [6.45, 7) is 3.69. The van der Waals surface area contributed by atoms with Gasteiger partial charge in [-0.15, -0.1) is 23.1 Å². The Morgan fingerprint density at radius 3 is 2.41 bits per heavy atom. The summed E-state index contributed by atoms with van der Waals surface area (Å²) in [5.74, 6) is -0.642. The number of benzene rings is 2. The summed E-state index contributed by atoms with van der Waals surface area (Å²) in [7, 11) is 0. The molecule has 4 aromatic rings. The summed E-state index contributed by atoms with van der Waals surface area (Å²) in [6.07, 6.45) is 2.95. The molecule has 3 N–H and O–H groups in total. The molecule has 3 amide bonds. The molecule has 0 aliphatic heterocycles. The lowest BCUT2D eigenvalue weighted by Gasteiger charge is -2.12. The Morgan fingerprint density at radius 1 is 1.00 bits per heavy atom. The summed E-state index contributed by atoms with van der Waals surface area (Å²) in [4.78, 5) is 43.3. The van der Waals surface area contributed by atoms with Crippen LogP contribution in [-0.2, 0) is 9.59 Å². The van der Waals surface area contributed by atoms with Crippen molar-refractivity contribution >= 4 is 57.7 Å². The number of nitrogens with one attached hydrogen (secondary N) is 3. The van der Waals surface area contributed by atoms with Gasteiger partial charge in [-0.1, -0.05) is 18.2 Å². The standard InChI is InChI=1S/C27H24N4O4S2/c1-17-16-36-27(28-17)31-24(32)18(2)37-22-12-10-20(11-13-22)29-26(34)23(15-21-9-6-14-35-21)30-25(33)19-7-4-3-5-8-19/h3-16,18H,1-2H3,(H,29,34)(H,30,33)(H,28,31,32)/b23-15-. The van der Waals surface area contributed by atoms with Gasteiger partial charge < -0.3 is 20.4 Å². The van der Waals surface area contributed by atoms with Gasteiger partial charge in [0, 0.05) is 27.6 Å². The van der Waals surface area contributed by atoms with Gasteiger partial charge in [0.05, 0.1) is 17.2 Å². The third-order valence-corrected chi connectivity index (χ3v) is 6.99. The monoisotopic (exact) mass is 532 g/mol.